The van der Waals surface area contributed by atoms with Crippen LogP contribution in [0.25, 0.3) is 10.9 Å². The van der Waals surface area contributed by atoms with Crippen LogP contribution in [0.15, 0.2) is 24.3 Å². The maximum Gasteiger partial charge on any atom is 0.409 e. The third kappa shape index (κ3) is 1.79. The van der Waals surface area contributed by atoms with E-state index in [1.54, 1.807) is 0 Å². The Morgan fingerprint density at radius 1 is 1.17 bits per heavy atom. The predicted molar refractivity (Wildman–Crippen MR) is 63.4 cm³/mol. The molecule has 0 spiro atoms. The van der Waals surface area contributed by atoms with Crippen LogP contribution in [0.5, 0.6) is 0 Å². The molecule has 5 heteroatoms. The molecule has 2 heterocycles. The molecule has 1 aliphatic heterocycles. The average Bonchev–Trinajstić information content (AvgIpc) is 2.52. The van der Waals surface area contributed by atoms with E-state index in [2.05, 4.69) is 10.3 Å². The summed E-state index contributed by atoms with van der Waals surface area (Å²) < 4.78 is 39.1. The molecule has 2 N–H and O–H groups in total. The number of aryl methyl sites for hydroxylation is 1. The fourth-order valence-corrected chi connectivity index (χ4v) is 2.63. The van der Waals surface area contributed by atoms with E-state index < -0.39 is 12.2 Å². The molecule has 0 aliphatic carbocycles. The number of alkyl halides is 3. The highest BCUT2D eigenvalue weighted by molar-refractivity contribution is 5.85. The van der Waals surface area contributed by atoms with Crippen molar-refractivity contribution in [3.05, 3.63) is 35.5 Å². The largest absolute Gasteiger partial charge is 0.409 e. The van der Waals surface area contributed by atoms with Crippen molar-refractivity contribution >= 4 is 10.9 Å². The zero-order valence-corrected chi connectivity index (χ0v) is 9.64. The van der Waals surface area contributed by atoms with Crippen LogP contribution in [0.1, 0.15) is 23.7 Å². The number of hydrogen-bond donors (Lipinski definition) is 2. The summed E-state index contributed by atoms with van der Waals surface area (Å²) in [6.45, 7) is 0.390. The lowest BCUT2D eigenvalue weighted by atomic mass is 10.0. The standard InChI is InChI=1S/C13H13F3N2/c14-13(15,16)12-11-9(5-3-7-17-12)8-4-1-2-6-10(8)18-11/h1-2,4,6,12,17-18H,3,5,7H2. The molecule has 18 heavy (non-hydrogen) atoms. The van der Waals surface area contributed by atoms with Gasteiger partial charge in [-0.05, 0) is 31.0 Å². The van der Waals surface area contributed by atoms with E-state index in [0.717, 1.165) is 22.9 Å². The summed E-state index contributed by atoms with van der Waals surface area (Å²) >= 11 is 0. The summed E-state index contributed by atoms with van der Waals surface area (Å²) in [6.07, 6.45) is -2.86. The van der Waals surface area contributed by atoms with Crippen LogP contribution in [-0.2, 0) is 6.42 Å². The van der Waals surface area contributed by atoms with Crippen molar-refractivity contribution in [3.8, 4) is 0 Å². The molecular formula is C13H13F3N2. The van der Waals surface area contributed by atoms with Crippen molar-refractivity contribution in [2.75, 3.05) is 6.54 Å². The highest BCUT2D eigenvalue weighted by atomic mass is 19.4. The highest BCUT2D eigenvalue weighted by Crippen LogP contribution is 2.38. The summed E-state index contributed by atoms with van der Waals surface area (Å²) in [6, 6.07) is 5.80. The molecule has 3 rings (SSSR count). The predicted octanol–water partition coefficient (Wildman–Crippen LogP) is 3.31. The summed E-state index contributed by atoms with van der Waals surface area (Å²) in [4.78, 5) is 2.93. The SMILES string of the molecule is FC(F)(F)C1NCCCc2c1[nH]c1ccccc21. The number of fused-ring (bicyclic) bond motifs is 3. The Morgan fingerprint density at radius 3 is 2.72 bits per heavy atom. The van der Waals surface area contributed by atoms with Gasteiger partial charge < -0.3 is 10.3 Å². The fraction of sp³-hybridized carbons (Fsp3) is 0.385. The van der Waals surface area contributed by atoms with E-state index in [0.29, 0.717) is 13.0 Å². The Balaban J connectivity index is 2.20. The molecule has 96 valence electrons. The van der Waals surface area contributed by atoms with Gasteiger partial charge in [-0.1, -0.05) is 18.2 Å². The number of hydrogen-bond acceptors (Lipinski definition) is 1. The van der Waals surface area contributed by atoms with Gasteiger partial charge in [-0.3, -0.25) is 0 Å². The van der Waals surface area contributed by atoms with Crippen LogP contribution in [0.2, 0.25) is 0 Å². The summed E-state index contributed by atoms with van der Waals surface area (Å²) in [5.41, 5.74) is 1.86. The van der Waals surface area contributed by atoms with Gasteiger partial charge in [0, 0.05) is 16.6 Å². The van der Waals surface area contributed by atoms with Gasteiger partial charge in [-0.2, -0.15) is 13.2 Å². The van der Waals surface area contributed by atoms with Gasteiger partial charge in [0.2, 0.25) is 0 Å². The number of halogens is 3. The number of aromatic amines is 1. The van der Waals surface area contributed by atoms with Gasteiger partial charge in [0.25, 0.3) is 0 Å². The van der Waals surface area contributed by atoms with Crippen molar-refractivity contribution in [1.29, 1.82) is 0 Å². The zero-order valence-electron chi connectivity index (χ0n) is 9.64. The fourth-order valence-electron chi connectivity index (χ4n) is 2.63. The topological polar surface area (TPSA) is 27.8 Å². The molecule has 0 radical (unpaired) electrons. The maximum absolute atomic E-state index is 13.0. The normalized spacial score (nSPS) is 20.7. The molecule has 1 unspecified atom stereocenters. The Hall–Kier alpha value is -1.49. The quantitative estimate of drug-likeness (QED) is 0.741. The van der Waals surface area contributed by atoms with Crippen molar-refractivity contribution in [1.82, 2.24) is 10.3 Å². The van der Waals surface area contributed by atoms with E-state index in [1.807, 2.05) is 24.3 Å². The van der Waals surface area contributed by atoms with Gasteiger partial charge in [-0.25, -0.2) is 0 Å². The minimum atomic E-state index is -4.26. The third-order valence-corrected chi connectivity index (χ3v) is 3.41. The molecule has 2 aromatic rings. The molecule has 0 fully saturated rings. The van der Waals surface area contributed by atoms with Crippen molar-refractivity contribution in [3.63, 3.8) is 0 Å². The smallest absolute Gasteiger partial charge is 0.357 e. The number of H-pyrrole nitrogens is 1. The number of para-hydroxylation sites is 1. The van der Waals surface area contributed by atoms with Crippen molar-refractivity contribution in [2.24, 2.45) is 0 Å². The Morgan fingerprint density at radius 2 is 1.94 bits per heavy atom. The average molecular weight is 254 g/mol. The molecule has 1 aromatic heterocycles. The Kier molecular flexibility index (Phi) is 2.59. The molecule has 2 nitrogen and oxygen atoms in total. The van der Waals surface area contributed by atoms with E-state index >= 15 is 0 Å². The monoisotopic (exact) mass is 254 g/mol. The first kappa shape index (κ1) is 11.6. The Bertz CT molecular complexity index is 571. The third-order valence-electron chi connectivity index (χ3n) is 3.41. The summed E-state index contributed by atoms with van der Waals surface area (Å²) in [5, 5.41) is 3.49. The van der Waals surface area contributed by atoms with Gasteiger partial charge in [0.05, 0.1) is 0 Å². The first-order chi connectivity index (χ1) is 8.57. The number of rotatable bonds is 0. The molecule has 0 saturated heterocycles. The lowest BCUT2D eigenvalue weighted by molar-refractivity contribution is -0.158. The first-order valence-corrected chi connectivity index (χ1v) is 5.97. The van der Waals surface area contributed by atoms with Gasteiger partial charge in [-0.15, -0.1) is 0 Å². The van der Waals surface area contributed by atoms with Crippen LogP contribution in [0.4, 0.5) is 13.2 Å². The highest BCUT2D eigenvalue weighted by Gasteiger charge is 2.43. The lowest BCUT2D eigenvalue weighted by Gasteiger charge is -2.19. The molecule has 1 aliphatic rings. The van der Waals surface area contributed by atoms with Crippen LogP contribution in [0.3, 0.4) is 0 Å². The van der Waals surface area contributed by atoms with Crippen LogP contribution >= 0.6 is 0 Å². The van der Waals surface area contributed by atoms with Gasteiger partial charge in [0.15, 0.2) is 0 Å². The summed E-state index contributed by atoms with van der Waals surface area (Å²) in [5.74, 6) is 0. The van der Waals surface area contributed by atoms with Crippen LogP contribution in [0, 0.1) is 0 Å². The minimum Gasteiger partial charge on any atom is -0.357 e. The van der Waals surface area contributed by atoms with E-state index in [9.17, 15) is 13.2 Å². The molecular weight excluding hydrogens is 241 g/mol. The van der Waals surface area contributed by atoms with Crippen LogP contribution in [-0.4, -0.2) is 17.7 Å². The van der Waals surface area contributed by atoms with E-state index in [4.69, 9.17) is 0 Å². The number of aromatic nitrogens is 1. The maximum atomic E-state index is 13.0. The van der Waals surface area contributed by atoms with Crippen molar-refractivity contribution < 1.29 is 13.2 Å². The molecule has 0 amide bonds. The van der Waals surface area contributed by atoms with Crippen LogP contribution < -0.4 is 5.32 Å². The van der Waals surface area contributed by atoms with Crippen molar-refractivity contribution in [2.45, 2.75) is 25.1 Å². The second-order valence-electron chi connectivity index (χ2n) is 4.60. The van der Waals surface area contributed by atoms with E-state index in [1.165, 1.54) is 0 Å². The molecule has 0 bridgehead atoms. The summed E-state index contributed by atoms with van der Waals surface area (Å²) in [7, 11) is 0. The van der Waals surface area contributed by atoms with E-state index in [-0.39, 0.29) is 5.69 Å². The second-order valence-corrected chi connectivity index (χ2v) is 4.60. The Labute approximate surface area is 102 Å². The first-order valence-electron chi connectivity index (χ1n) is 5.97. The molecule has 1 atom stereocenters. The molecule has 0 saturated carbocycles. The second kappa shape index (κ2) is 4.02. The minimum absolute atomic E-state index is 0.279. The number of benzene rings is 1. The zero-order chi connectivity index (χ0) is 12.8. The molecule has 1 aromatic carbocycles. The lowest BCUT2D eigenvalue weighted by Crippen LogP contribution is -2.34. The van der Waals surface area contributed by atoms with Gasteiger partial charge >= 0.3 is 6.18 Å². The van der Waals surface area contributed by atoms with Gasteiger partial charge in [0.1, 0.15) is 6.04 Å². The number of nitrogens with one attached hydrogen (secondary N) is 2.